The molecular weight excluding hydrogens is 430 g/mol. The van der Waals surface area contributed by atoms with Crippen molar-refractivity contribution in [3.05, 3.63) is 21.3 Å². The topological polar surface area (TPSA) is 153 Å². The van der Waals surface area contributed by atoms with Crippen LogP contribution in [0.25, 0.3) is 0 Å². The maximum absolute atomic E-state index is 12.7. The van der Waals surface area contributed by atoms with E-state index >= 15 is 0 Å². The third-order valence-electron chi connectivity index (χ3n) is 4.26. The molecule has 2 aliphatic heterocycles. The van der Waals surface area contributed by atoms with E-state index < -0.39 is 29.5 Å². The molecule has 13 heteroatoms. The highest BCUT2D eigenvalue weighted by Gasteiger charge is 2.52. The fourth-order valence-corrected chi connectivity index (χ4v) is 5.38. The number of oxime groups is 1. The lowest BCUT2D eigenvalue weighted by atomic mass is 10.0. The molecule has 3 heterocycles. The summed E-state index contributed by atoms with van der Waals surface area (Å²) in [6.07, 6.45) is -1.47. The number of aliphatic hydroxyl groups excluding tert-OH is 1. The van der Waals surface area contributed by atoms with Crippen molar-refractivity contribution in [2.24, 2.45) is 5.16 Å². The molecule has 0 spiro atoms. The number of thioether (sulfide) groups is 1. The van der Waals surface area contributed by atoms with Crippen LogP contribution in [-0.4, -0.2) is 63.1 Å². The van der Waals surface area contributed by atoms with Crippen LogP contribution in [0.4, 0.5) is 5.13 Å². The van der Waals surface area contributed by atoms with Gasteiger partial charge in [-0.05, 0) is 12.0 Å². The summed E-state index contributed by atoms with van der Waals surface area (Å²) >= 11 is 8.41. The first-order valence-electron chi connectivity index (χ1n) is 8.14. The first kappa shape index (κ1) is 20.9. The van der Waals surface area contributed by atoms with Gasteiger partial charge in [-0.3, -0.25) is 14.5 Å². The zero-order chi connectivity index (χ0) is 20.6. The van der Waals surface area contributed by atoms with Crippen molar-refractivity contribution >= 4 is 57.4 Å². The van der Waals surface area contributed by atoms with Crippen molar-refractivity contribution in [3.8, 4) is 0 Å². The number of aromatic nitrogens is 1. The number of hydrogen-bond donors (Lipinski definition) is 3. The van der Waals surface area contributed by atoms with E-state index in [1.54, 1.807) is 0 Å². The molecule has 4 N–H and O–H groups in total. The number of amides is 2. The summed E-state index contributed by atoms with van der Waals surface area (Å²) in [5, 5.41) is 27.1. The quantitative estimate of drug-likeness (QED) is 0.228. The van der Waals surface area contributed by atoms with Crippen molar-refractivity contribution in [1.82, 2.24) is 15.2 Å². The van der Waals surface area contributed by atoms with E-state index in [0.717, 1.165) is 11.3 Å². The minimum absolute atomic E-state index is 0.0484. The Hall–Kier alpha value is -1.86. The van der Waals surface area contributed by atoms with Gasteiger partial charge in [0.25, 0.3) is 11.8 Å². The molecule has 1 aromatic rings. The van der Waals surface area contributed by atoms with Crippen molar-refractivity contribution in [2.45, 2.75) is 31.1 Å². The van der Waals surface area contributed by atoms with Crippen LogP contribution in [0, 0.1) is 0 Å². The molecule has 3 atom stereocenters. The number of nitrogens with one attached hydrogen (secondary N) is 1. The standard InChI is InChI=1S/C15H17ClN5O5S2/c1-3-5-4-27-13-8(12(23)21(13)9(5)14(24)25)18-11(22)7(20-26-2)6-10(16)28-15(17)19-6/h8,13-14,24H,3-4H2,1-2H3,(H2,17,19)(H,18,22)/q-1/b20-7-/t8-,13-,14?/m1/s1. The number of nitrogens with two attached hydrogens (primary N) is 1. The maximum atomic E-state index is 12.7. The fourth-order valence-electron chi connectivity index (χ4n) is 2.99. The predicted octanol–water partition coefficient (Wildman–Crippen LogP) is -0.528. The van der Waals surface area contributed by atoms with Gasteiger partial charge in [0.2, 0.25) is 0 Å². The second kappa shape index (κ2) is 8.25. The Balaban J connectivity index is 1.80. The Morgan fingerprint density at radius 3 is 2.89 bits per heavy atom. The normalized spacial score (nSPS) is 23.2. The van der Waals surface area contributed by atoms with Gasteiger partial charge in [-0.2, -0.15) is 0 Å². The number of hydrogen-bond acceptors (Lipinski definition) is 10. The minimum atomic E-state index is -2.01. The molecule has 1 saturated heterocycles. The van der Waals surface area contributed by atoms with Crippen LogP contribution < -0.4 is 16.2 Å². The first-order chi connectivity index (χ1) is 13.3. The van der Waals surface area contributed by atoms with E-state index in [2.05, 4.69) is 15.5 Å². The molecule has 2 amide bonds. The number of fused-ring (bicyclic) bond motifs is 1. The van der Waals surface area contributed by atoms with Gasteiger partial charge in [0.05, 0.1) is 0 Å². The number of β-lactam (4-membered cyclic amide) rings is 1. The molecule has 1 unspecified atom stereocenters. The van der Waals surface area contributed by atoms with E-state index in [9.17, 15) is 19.8 Å². The van der Waals surface area contributed by atoms with Gasteiger partial charge >= 0.3 is 0 Å². The summed E-state index contributed by atoms with van der Waals surface area (Å²) in [5.41, 5.74) is 6.22. The van der Waals surface area contributed by atoms with Crippen molar-refractivity contribution in [2.75, 3.05) is 18.6 Å². The zero-order valence-electron chi connectivity index (χ0n) is 14.8. The summed E-state index contributed by atoms with van der Waals surface area (Å²) in [4.78, 5) is 35.2. The molecule has 1 fully saturated rings. The fraction of sp³-hybridized carbons (Fsp3) is 0.467. The van der Waals surface area contributed by atoms with Gasteiger partial charge in [-0.1, -0.05) is 35.0 Å². The van der Waals surface area contributed by atoms with Gasteiger partial charge < -0.3 is 26.1 Å². The van der Waals surface area contributed by atoms with E-state index in [4.69, 9.17) is 22.2 Å². The van der Waals surface area contributed by atoms with Crippen LogP contribution in [0.2, 0.25) is 4.34 Å². The molecule has 2 aliphatic rings. The maximum Gasteiger partial charge on any atom is 0.276 e. The van der Waals surface area contributed by atoms with Crippen LogP contribution in [0.5, 0.6) is 0 Å². The molecule has 28 heavy (non-hydrogen) atoms. The molecule has 0 radical (unpaired) electrons. The van der Waals surface area contributed by atoms with Gasteiger partial charge in [0.1, 0.15) is 28.6 Å². The highest BCUT2D eigenvalue weighted by atomic mass is 35.5. The van der Waals surface area contributed by atoms with E-state index in [1.165, 1.54) is 23.8 Å². The monoisotopic (exact) mass is 446 g/mol. The van der Waals surface area contributed by atoms with Crippen LogP contribution >= 0.6 is 34.7 Å². The molecule has 0 saturated carbocycles. The SMILES string of the molecule is CCC1=C(C([O-])O)N2C(=O)[C@@H](NC(=O)/C(=N\OC)c3nc(N)sc3Cl)[C@H]2SC1. The van der Waals surface area contributed by atoms with E-state index in [1.807, 2.05) is 6.92 Å². The summed E-state index contributed by atoms with van der Waals surface area (Å²) in [7, 11) is 1.25. The average molecular weight is 447 g/mol. The van der Waals surface area contributed by atoms with Crippen LogP contribution in [0.1, 0.15) is 19.0 Å². The summed E-state index contributed by atoms with van der Waals surface area (Å²) < 4.78 is 0.157. The third kappa shape index (κ3) is 3.57. The Morgan fingerprint density at radius 2 is 2.36 bits per heavy atom. The van der Waals surface area contributed by atoms with Gasteiger partial charge in [-0.25, -0.2) is 4.98 Å². The molecule has 0 aromatic carbocycles. The second-order valence-electron chi connectivity index (χ2n) is 5.85. The lowest BCUT2D eigenvalue weighted by Crippen LogP contribution is -2.71. The molecule has 3 rings (SSSR count). The van der Waals surface area contributed by atoms with Crippen molar-refractivity contribution in [3.63, 3.8) is 0 Å². The lowest BCUT2D eigenvalue weighted by molar-refractivity contribution is -0.471. The number of anilines is 1. The largest absolute Gasteiger partial charge is 0.827 e. The summed E-state index contributed by atoms with van der Waals surface area (Å²) in [6.45, 7) is 1.85. The molecule has 1 aromatic heterocycles. The summed E-state index contributed by atoms with van der Waals surface area (Å²) in [6, 6.07) is -0.888. The highest BCUT2D eigenvalue weighted by Crippen LogP contribution is 2.41. The zero-order valence-corrected chi connectivity index (χ0v) is 17.2. The van der Waals surface area contributed by atoms with Gasteiger partial charge in [-0.15, -0.1) is 11.8 Å². The average Bonchev–Trinajstić information content (AvgIpc) is 3.00. The Morgan fingerprint density at radius 1 is 1.64 bits per heavy atom. The Kier molecular flexibility index (Phi) is 6.15. The molecular formula is C15H17ClN5O5S2-. The van der Waals surface area contributed by atoms with Gasteiger partial charge in [0.15, 0.2) is 10.8 Å². The van der Waals surface area contributed by atoms with Crippen LogP contribution in [-0.2, 0) is 14.4 Å². The van der Waals surface area contributed by atoms with Crippen LogP contribution in [0.15, 0.2) is 16.4 Å². The number of nitrogens with zero attached hydrogens (tertiary/aromatic N) is 3. The van der Waals surface area contributed by atoms with E-state index in [0.29, 0.717) is 17.7 Å². The second-order valence-corrected chi connectivity index (χ2v) is 8.59. The number of halogens is 1. The number of carbonyl (C=O) groups excluding carboxylic acids is 2. The Labute approximate surface area is 173 Å². The number of carbonyl (C=O) groups is 2. The Bertz CT molecular complexity index is 871. The van der Waals surface area contributed by atoms with Gasteiger partial charge in [0, 0.05) is 17.7 Å². The highest BCUT2D eigenvalue weighted by molar-refractivity contribution is 8.00. The summed E-state index contributed by atoms with van der Waals surface area (Å²) in [5.74, 6) is -0.719. The molecule has 0 bridgehead atoms. The molecule has 0 aliphatic carbocycles. The van der Waals surface area contributed by atoms with Crippen LogP contribution in [0.3, 0.4) is 0 Å². The van der Waals surface area contributed by atoms with E-state index in [-0.39, 0.29) is 26.6 Å². The van der Waals surface area contributed by atoms with Crippen molar-refractivity contribution < 1.29 is 24.6 Å². The molecule has 10 nitrogen and oxygen atoms in total. The smallest absolute Gasteiger partial charge is 0.276 e. The van der Waals surface area contributed by atoms with Crippen molar-refractivity contribution in [1.29, 1.82) is 0 Å². The third-order valence-corrected chi connectivity index (χ3v) is 6.69. The number of nitrogen functional groups attached to an aromatic ring is 1. The lowest BCUT2D eigenvalue weighted by Gasteiger charge is -2.52. The number of rotatable bonds is 6. The number of thiazole rings is 1. The number of aliphatic hydroxyl groups is 1. The minimum Gasteiger partial charge on any atom is -0.827 e. The predicted molar refractivity (Wildman–Crippen MR) is 103 cm³/mol. The first-order valence-corrected chi connectivity index (χ1v) is 10.4. The molecule has 152 valence electrons.